The summed E-state index contributed by atoms with van der Waals surface area (Å²) in [4.78, 5) is 20.6. The molecule has 0 amide bonds. The van der Waals surface area contributed by atoms with Crippen LogP contribution in [0.5, 0.6) is 5.75 Å². The molecular weight excluding hydrogens is 202 g/mol. The second-order valence-electron chi connectivity index (χ2n) is 2.86. The first-order valence-electron chi connectivity index (χ1n) is 4.00. The van der Waals surface area contributed by atoms with Gasteiger partial charge in [-0.15, -0.1) is 0 Å². The Kier molecular flexibility index (Phi) is 1.89. The predicted octanol–water partition coefficient (Wildman–Crippen LogP) is 1.41. The average Bonchev–Trinajstić information content (AvgIpc) is 2.17. The van der Waals surface area contributed by atoms with Crippen molar-refractivity contribution in [3.05, 3.63) is 44.8 Å². The minimum absolute atomic E-state index is 0.116. The quantitative estimate of drug-likeness (QED) is 0.433. The van der Waals surface area contributed by atoms with Crippen molar-refractivity contribution in [3.63, 3.8) is 0 Å². The molecule has 1 aromatic heterocycles. The standard InChI is InChI=1S/C9H5NO5/c11-8-4-1-5-7(15-8)3-2-6(9(5)12)10(13)14/h1-4,12H. The zero-order chi connectivity index (χ0) is 11.0. The van der Waals surface area contributed by atoms with Crippen molar-refractivity contribution in [3.8, 4) is 5.75 Å². The predicted molar refractivity (Wildman–Crippen MR) is 50.8 cm³/mol. The van der Waals surface area contributed by atoms with Crippen LogP contribution in [0.25, 0.3) is 11.0 Å². The summed E-state index contributed by atoms with van der Waals surface area (Å²) in [5, 5.41) is 20.1. The Bertz CT molecular complexity index is 601. The van der Waals surface area contributed by atoms with E-state index in [-0.39, 0.29) is 11.0 Å². The summed E-state index contributed by atoms with van der Waals surface area (Å²) in [5.74, 6) is -0.499. The largest absolute Gasteiger partial charge is 0.502 e. The Morgan fingerprint density at radius 3 is 2.67 bits per heavy atom. The summed E-state index contributed by atoms with van der Waals surface area (Å²) in [7, 11) is 0. The van der Waals surface area contributed by atoms with Gasteiger partial charge in [0.25, 0.3) is 0 Å². The molecule has 2 aromatic rings. The van der Waals surface area contributed by atoms with E-state index in [1.54, 1.807) is 0 Å². The summed E-state index contributed by atoms with van der Waals surface area (Å²) in [6.45, 7) is 0. The van der Waals surface area contributed by atoms with Crippen LogP contribution < -0.4 is 5.63 Å². The second-order valence-corrected chi connectivity index (χ2v) is 2.86. The number of phenolic OH excluding ortho intramolecular Hbond substituents is 1. The maximum atomic E-state index is 10.8. The molecule has 0 aliphatic rings. The number of benzene rings is 1. The van der Waals surface area contributed by atoms with Crippen LogP contribution in [0.2, 0.25) is 0 Å². The molecule has 1 heterocycles. The third-order valence-corrected chi connectivity index (χ3v) is 1.95. The van der Waals surface area contributed by atoms with Crippen LogP contribution >= 0.6 is 0 Å². The number of nitrogens with zero attached hydrogens (tertiary/aromatic N) is 1. The van der Waals surface area contributed by atoms with Gasteiger partial charge in [0.05, 0.1) is 10.3 Å². The third-order valence-electron chi connectivity index (χ3n) is 1.95. The van der Waals surface area contributed by atoms with Crippen molar-refractivity contribution < 1.29 is 14.4 Å². The molecule has 0 unspecified atom stereocenters. The lowest BCUT2D eigenvalue weighted by atomic mass is 10.2. The lowest BCUT2D eigenvalue weighted by molar-refractivity contribution is -0.385. The molecule has 6 nitrogen and oxygen atoms in total. The molecule has 15 heavy (non-hydrogen) atoms. The summed E-state index contributed by atoms with van der Waals surface area (Å²) >= 11 is 0. The monoisotopic (exact) mass is 207 g/mol. The Morgan fingerprint density at radius 1 is 1.27 bits per heavy atom. The van der Waals surface area contributed by atoms with Crippen molar-refractivity contribution in [1.29, 1.82) is 0 Å². The minimum Gasteiger partial charge on any atom is -0.502 e. The first-order valence-corrected chi connectivity index (χ1v) is 4.00. The molecule has 0 aliphatic heterocycles. The number of fused-ring (bicyclic) bond motifs is 1. The molecule has 76 valence electrons. The van der Waals surface area contributed by atoms with E-state index >= 15 is 0 Å². The molecule has 0 atom stereocenters. The van der Waals surface area contributed by atoms with Gasteiger partial charge in [-0.05, 0) is 12.1 Å². The SMILES string of the molecule is O=c1ccc2c(O)c([N+](=O)[O-])ccc2o1. The van der Waals surface area contributed by atoms with Gasteiger partial charge in [0, 0.05) is 12.1 Å². The van der Waals surface area contributed by atoms with Gasteiger partial charge >= 0.3 is 11.3 Å². The Morgan fingerprint density at radius 2 is 2.00 bits per heavy atom. The molecule has 0 saturated carbocycles. The van der Waals surface area contributed by atoms with Gasteiger partial charge in [0.1, 0.15) is 5.58 Å². The molecule has 6 heteroatoms. The number of hydrogen-bond acceptors (Lipinski definition) is 5. The van der Waals surface area contributed by atoms with E-state index in [0.717, 1.165) is 12.1 Å². The van der Waals surface area contributed by atoms with Crippen molar-refractivity contribution >= 4 is 16.7 Å². The fourth-order valence-electron chi connectivity index (χ4n) is 1.27. The van der Waals surface area contributed by atoms with E-state index < -0.39 is 22.0 Å². The average molecular weight is 207 g/mol. The molecule has 0 spiro atoms. The summed E-state index contributed by atoms with van der Waals surface area (Å²) in [5.41, 5.74) is -0.877. The van der Waals surface area contributed by atoms with Crippen LogP contribution in [0, 0.1) is 10.1 Å². The maximum absolute atomic E-state index is 10.8. The molecule has 2 rings (SSSR count). The van der Waals surface area contributed by atoms with E-state index in [9.17, 15) is 20.0 Å². The minimum atomic E-state index is -0.708. The van der Waals surface area contributed by atoms with Crippen LogP contribution in [0.15, 0.2) is 33.5 Å². The fraction of sp³-hybridized carbons (Fsp3) is 0. The van der Waals surface area contributed by atoms with Crippen LogP contribution in [-0.4, -0.2) is 10.0 Å². The first-order chi connectivity index (χ1) is 7.09. The normalized spacial score (nSPS) is 10.4. The highest BCUT2D eigenvalue weighted by atomic mass is 16.6. The highest BCUT2D eigenvalue weighted by Gasteiger charge is 2.16. The number of nitro benzene ring substituents is 1. The Hall–Kier alpha value is -2.37. The van der Waals surface area contributed by atoms with Gasteiger partial charge in [0.15, 0.2) is 0 Å². The highest BCUT2D eigenvalue weighted by Crippen LogP contribution is 2.32. The van der Waals surface area contributed by atoms with E-state index in [1.807, 2.05) is 0 Å². The first kappa shape index (κ1) is 9.20. The summed E-state index contributed by atoms with van der Waals surface area (Å²) in [6.07, 6.45) is 0. The number of aromatic hydroxyl groups is 1. The molecule has 0 radical (unpaired) electrons. The summed E-state index contributed by atoms with van der Waals surface area (Å²) in [6, 6.07) is 4.73. The van der Waals surface area contributed by atoms with Gasteiger partial charge in [-0.2, -0.15) is 0 Å². The van der Waals surface area contributed by atoms with Crippen LogP contribution in [0.3, 0.4) is 0 Å². The van der Waals surface area contributed by atoms with E-state index in [4.69, 9.17) is 4.42 Å². The van der Waals surface area contributed by atoms with Crippen molar-refractivity contribution in [2.45, 2.75) is 0 Å². The topological polar surface area (TPSA) is 93.6 Å². The lowest BCUT2D eigenvalue weighted by Gasteiger charge is -1.99. The van der Waals surface area contributed by atoms with E-state index in [2.05, 4.69) is 0 Å². The zero-order valence-corrected chi connectivity index (χ0v) is 7.34. The van der Waals surface area contributed by atoms with Crippen molar-refractivity contribution in [2.75, 3.05) is 0 Å². The molecule has 0 fully saturated rings. The number of rotatable bonds is 1. The van der Waals surface area contributed by atoms with Crippen LogP contribution in [0.1, 0.15) is 0 Å². The third kappa shape index (κ3) is 1.41. The van der Waals surface area contributed by atoms with Crippen molar-refractivity contribution in [2.24, 2.45) is 0 Å². The molecule has 0 saturated heterocycles. The number of phenols is 1. The second kappa shape index (κ2) is 3.09. The van der Waals surface area contributed by atoms with Crippen LogP contribution in [0.4, 0.5) is 5.69 Å². The molecular formula is C9H5NO5. The maximum Gasteiger partial charge on any atom is 0.336 e. The van der Waals surface area contributed by atoms with Crippen molar-refractivity contribution in [1.82, 2.24) is 0 Å². The van der Waals surface area contributed by atoms with Gasteiger partial charge in [-0.1, -0.05) is 0 Å². The molecule has 1 N–H and O–H groups in total. The van der Waals surface area contributed by atoms with E-state index in [1.165, 1.54) is 12.1 Å². The highest BCUT2D eigenvalue weighted by molar-refractivity contribution is 5.87. The zero-order valence-electron chi connectivity index (χ0n) is 7.34. The molecule has 1 aromatic carbocycles. The summed E-state index contributed by atoms with van der Waals surface area (Å²) < 4.78 is 4.74. The van der Waals surface area contributed by atoms with Gasteiger partial charge in [0.2, 0.25) is 5.75 Å². The lowest BCUT2D eigenvalue weighted by Crippen LogP contribution is -1.95. The number of hydrogen-bond donors (Lipinski definition) is 1. The van der Waals surface area contributed by atoms with Gasteiger partial charge in [-0.25, -0.2) is 4.79 Å². The number of nitro groups is 1. The van der Waals surface area contributed by atoms with Gasteiger partial charge < -0.3 is 9.52 Å². The molecule has 0 aliphatic carbocycles. The molecule has 0 bridgehead atoms. The Labute approximate surface area is 82.5 Å². The Balaban J connectivity index is 2.85. The van der Waals surface area contributed by atoms with E-state index in [0.29, 0.717) is 0 Å². The fourth-order valence-corrected chi connectivity index (χ4v) is 1.27. The van der Waals surface area contributed by atoms with Crippen LogP contribution in [-0.2, 0) is 0 Å². The smallest absolute Gasteiger partial charge is 0.336 e. The van der Waals surface area contributed by atoms with Gasteiger partial charge in [-0.3, -0.25) is 10.1 Å².